The Balaban J connectivity index is 2.09. The Morgan fingerprint density at radius 1 is 1.24 bits per heavy atom. The third-order valence-corrected chi connectivity index (χ3v) is 3.26. The normalized spacial score (nSPS) is 10.2. The molecule has 0 aliphatic heterocycles. The maximum Gasteiger partial charge on any atom is 0.258 e. The summed E-state index contributed by atoms with van der Waals surface area (Å²) in [5, 5.41) is 3.33. The highest BCUT2D eigenvalue weighted by Gasteiger charge is 2.10. The summed E-state index contributed by atoms with van der Waals surface area (Å²) < 4.78 is 0. The summed E-state index contributed by atoms with van der Waals surface area (Å²) in [6, 6.07) is 6.98. The molecule has 0 aliphatic carbocycles. The van der Waals surface area contributed by atoms with Gasteiger partial charge in [0.15, 0.2) is 0 Å². The number of hydrogen-bond donors (Lipinski definition) is 1. The highest BCUT2D eigenvalue weighted by atomic mass is 35.5. The van der Waals surface area contributed by atoms with Crippen molar-refractivity contribution in [2.75, 3.05) is 23.3 Å². The van der Waals surface area contributed by atoms with E-state index in [2.05, 4.69) is 15.3 Å². The van der Waals surface area contributed by atoms with Crippen LogP contribution in [-0.4, -0.2) is 29.0 Å². The fourth-order valence-corrected chi connectivity index (χ4v) is 2.07. The summed E-state index contributed by atoms with van der Waals surface area (Å²) in [5.41, 5.74) is 1.05. The molecule has 0 saturated heterocycles. The monoisotopic (exact) mass is 304 g/mol. The number of nitrogens with one attached hydrogen (secondary N) is 1. The van der Waals surface area contributed by atoms with Crippen LogP contribution in [0.2, 0.25) is 5.02 Å². The quantitative estimate of drug-likeness (QED) is 0.921. The van der Waals surface area contributed by atoms with E-state index in [-0.39, 0.29) is 5.91 Å². The number of rotatable bonds is 5. The van der Waals surface area contributed by atoms with Crippen molar-refractivity contribution in [1.29, 1.82) is 0 Å². The minimum absolute atomic E-state index is 0.261. The van der Waals surface area contributed by atoms with Gasteiger partial charge in [-0.15, -0.1) is 0 Å². The van der Waals surface area contributed by atoms with Gasteiger partial charge in [0.1, 0.15) is 0 Å². The maximum absolute atomic E-state index is 12.1. The third-order valence-electron chi connectivity index (χ3n) is 3.03. The zero-order valence-electron chi connectivity index (χ0n) is 12.0. The van der Waals surface area contributed by atoms with Crippen molar-refractivity contribution in [2.24, 2.45) is 0 Å². The van der Waals surface area contributed by atoms with Crippen molar-refractivity contribution in [3.05, 3.63) is 47.2 Å². The van der Waals surface area contributed by atoms with E-state index >= 15 is 0 Å². The van der Waals surface area contributed by atoms with Crippen LogP contribution in [-0.2, 0) is 0 Å². The molecule has 2 aromatic rings. The van der Waals surface area contributed by atoms with Crippen molar-refractivity contribution >= 4 is 29.1 Å². The molecule has 2 rings (SSSR count). The first kappa shape index (κ1) is 15.3. The molecule has 1 N–H and O–H groups in total. The van der Waals surface area contributed by atoms with Crippen LogP contribution >= 0.6 is 11.6 Å². The van der Waals surface area contributed by atoms with E-state index in [0.29, 0.717) is 22.2 Å². The van der Waals surface area contributed by atoms with Gasteiger partial charge in [-0.2, -0.15) is 0 Å². The molecule has 5 nitrogen and oxygen atoms in total. The van der Waals surface area contributed by atoms with E-state index in [4.69, 9.17) is 11.6 Å². The summed E-state index contributed by atoms with van der Waals surface area (Å²) in [5.74, 6) is 0.364. The number of carbonyl (C=O) groups excluding carboxylic acids is 1. The molecular formula is C15H17ClN4O. The Morgan fingerprint density at radius 2 is 1.90 bits per heavy atom. The SMILES string of the molecule is CCN(CC)c1ncc(C(=O)Nc2cccc(Cl)c2)cn1. The lowest BCUT2D eigenvalue weighted by Gasteiger charge is -2.17. The van der Waals surface area contributed by atoms with Crippen LogP contribution in [0.25, 0.3) is 0 Å². The Kier molecular flexibility index (Phi) is 5.11. The van der Waals surface area contributed by atoms with Crippen molar-refractivity contribution in [3.63, 3.8) is 0 Å². The Morgan fingerprint density at radius 3 is 2.48 bits per heavy atom. The van der Waals surface area contributed by atoms with Gasteiger partial charge >= 0.3 is 0 Å². The lowest BCUT2D eigenvalue weighted by atomic mass is 10.3. The zero-order valence-corrected chi connectivity index (χ0v) is 12.8. The van der Waals surface area contributed by atoms with E-state index in [9.17, 15) is 4.79 Å². The second kappa shape index (κ2) is 7.04. The summed E-state index contributed by atoms with van der Waals surface area (Å²) in [4.78, 5) is 22.6. The van der Waals surface area contributed by atoms with E-state index < -0.39 is 0 Å². The smallest absolute Gasteiger partial charge is 0.258 e. The van der Waals surface area contributed by atoms with E-state index in [0.717, 1.165) is 13.1 Å². The average Bonchev–Trinajstić information content (AvgIpc) is 2.49. The first-order chi connectivity index (χ1) is 10.1. The van der Waals surface area contributed by atoms with Gasteiger partial charge < -0.3 is 10.2 Å². The minimum Gasteiger partial charge on any atom is -0.341 e. The molecule has 0 fully saturated rings. The molecule has 1 aromatic heterocycles. The van der Waals surface area contributed by atoms with Gasteiger partial charge in [0.2, 0.25) is 5.95 Å². The molecule has 1 aromatic carbocycles. The Labute approximate surface area is 129 Å². The lowest BCUT2D eigenvalue weighted by Crippen LogP contribution is -2.24. The first-order valence-electron chi connectivity index (χ1n) is 6.78. The van der Waals surface area contributed by atoms with Crippen LogP contribution in [0.4, 0.5) is 11.6 Å². The summed E-state index contributed by atoms with van der Waals surface area (Å²) in [6.07, 6.45) is 3.06. The number of carbonyl (C=O) groups is 1. The van der Waals surface area contributed by atoms with Crippen LogP contribution < -0.4 is 10.2 Å². The second-order valence-electron chi connectivity index (χ2n) is 4.41. The number of anilines is 2. The molecule has 0 spiro atoms. The zero-order chi connectivity index (χ0) is 15.2. The number of aromatic nitrogens is 2. The van der Waals surface area contributed by atoms with Crippen molar-refractivity contribution < 1.29 is 4.79 Å². The topological polar surface area (TPSA) is 58.1 Å². The van der Waals surface area contributed by atoms with E-state index in [1.165, 1.54) is 12.4 Å². The predicted octanol–water partition coefficient (Wildman–Crippen LogP) is 3.23. The molecule has 0 atom stereocenters. The molecule has 0 bridgehead atoms. The van der Waals surface area contributed by atoms with Crippen molar-refractivity contribution in [2.45, 2.75) is 13.8 Å². The minimum atomic E-state index is -0.261. The number of hydrogen-bond acceptors (Lipinski definition) is 4. The Hall–Kier alpha value is -2.14. The third kappa shape index (κ3) is 3.92. The van der Waals surface area contributed by atoms with Crippen LogP contribution in [0.1, 0.15) is 24.2 Å². The molecule has 0 unspecified atom stereocenters. The Bertz CT molecular complexity index is 611. The summed E-state index contributed by atoms with van der Waals surface area (Å²) in [7, 11) is 0. The number of benzene rings is 1. The van der Waals surface area contributed by atoms with Crippen LogP contribution in [0, 0.1) is 0 Å². The fourth-order valence-electron chi connectivity index (χ4n) is 1.88. The summed E-state index contributed by atoms with van der Waals surface area (Å²) in [6.45, 7) is 5.72. The van der Waals surface area contributed by atoms with Gasteiger partial charge in [0.05, 0.1) is 5.56 Å². The van der Waals surface area contributed by atoms with E-state index in [1.54, 1.807) is 24.3 Å². The number of amides is 1. The highest BCUT2D eigenvalue weighted by molar-refractivity contribution is 6.30. The first-order valence-corrected chi connectivity index (χ1v) is 7.15. The van der Waals surface area contributed by atoms with Gasteiger partial charge in [-0.1, -0.05) is 17.7 Å². The van der Waals surface area contributed by atoms with E-state index in [1.807, 2.05) is 18.7 Å². The lowest BCUT2D eigenvalue weighted by molar-refractivity contribution is 0.102. The fraction of sp³-hybridized carbons (Fsp3) is 0.267. The van der Waals surface area contributed by atoms with Gasteiger partial charge in [0, 0.05) is 36.2 Å². The summed E-state index contributed by atoms with van der Waals surface area (Å²) >= 11 is 5.88. The highest BCUT2D eigenvalue weighted by Crippen LogP contribution is 2.16. The standard InChI is InChI=1S/C15H17ClN4O/c1-3-20(4-2)15-17-9-11(10-18-15)14(21)19-13-7-5-6-12(16)8-13/h5-10H,3-4H2,1-2H3,(H,19,21). The molecule has 1 heterocycles. The van der Waals surface area contributed by atoms with Crippen LogP contribution in [0.3, 0.4) is 0 Å². The maximum atomic E-state index is 12.1. The second-order valence-corrected chi connectivity index (χ2v) is 4.84. The molecule has 6 heteroatoms. The molecule has 0 aliphatic rings. The number of halogens is 1. The van der Waals surface area contributed by atoms with Crippen LogP contribution in [0.5, 0.6) is 0 Å². The molecule has 21 heavy (non-hydrogen) atoms. The molecule has 110 valence electrons. The molecule has 0 saturated carbocycles. The predicted molar refractivity (Wildman–Crippen MR) is 85.0 cm³/mol. The van der Waals surface area contributed by atoms with Gasteiger partial charge in [0.25, 0.3) is 5.91 Å². The van der Waals surface area contributed by atoms with Gasteiger partial charge in [-0.25, -0.2) is 9.97 Å². The largest absolute Gasteiger partial charge is 0.341 e. The molecular weight excluding hydrogens is 288 g/mol. The average molecular weight is 305 g/mol. The number of nitrogens with zero attached hydrogens (tertiary/aromatic N) is 3. The van der Waals surface area contributed by atoms with Gasteiger partial charge in [-0.05, 0) is 32.0 Å². The van der Waals surface area contributed by atoms with Crippen molar-refractivity contribution in [1.82, 2.24) is 9.97 Å². The van der Waals surface area contributed by atoms with Crippen LogP contribution in [0.15, 0.2) is 36.7 Å². The molecule has 0 radical (unpaired) electrons. The van der Waals surface area contributed by atoms with Gasteiger partial charge in [-0.3, -0.25) is 4.79 Å². The van der Waals surface area contributed by atoms with Crippen molar-refractivity contribution in [3.8, 4) is 0 Å². The molecule has 1 amide bonds.